The largest absolute Gasteiger partial charge is 0.316 e. The van der Waals surface area contributed by atoms with Crippen molar-refractivity contribution in [3.05, 3.63) is 33.7 Å². The van der Waals surface area contributed by atoms with Crippen LogP contribution in [0.25, 0.3) is 0 Å². The van der Waals surface area contributed by atoms with E-state index in [0.29, 0.717) is 17.4 Å². The third-order valence-corrected chi connectivity index (χ3v) is 3.59. The molecule has 1 fully saturated rings. The maximum absolute atomic E-state index is 11.9. The van der Waals surface area contributed by atoms with Crippen molar-refractivity contribution in [2.45, 2.75) is 18.9 Å². The van der Waals surface area contributed by atoms with Crippen LogP contribution in [0.1, 0.15) is 23.6 Å². The van der Waals surface area contributed by atoms with Gasteiger partial charge in [-0.15, -0.1) is 0 Å². The Hall–Kier alpha value is -1.60. The molecule has 0 aromatic carbocycles. The van der Waals surface area contributed by atoms with Crippen molar-refractivity contribution in [3.8, 4) is 6.07 Å². The van der Waals surface area contributed by atoms with Crippen molar-refractivity contribution in [2.75, 3.05) is 13.1 Å². The predicted octanol–water partition coefficient (Wildman–Crippen LogP) is 0.427. The molecule has 0 spiro atoms. The maximum atomic E-state index is 11.9. The highest BCUT2D eigenvalue weighted by Gasteiger charge is 2.30. The number of nitrogens with zero attached hydrogens (tertiary/aromatic N) is 2. The minimum absolute atomic E-state index is 0.0225. The molecule has 2 aliphatic rings. The van der Waals surface area contributed by atoms with Gasteiger partial charge in [0.05, 0.1) is 11.6 Å². The average Bonchev–Trinajstić information content (AvgIpc) is 2.31. The number of piperidine rings is 1. The molecular weight excluding hydrogens is 202 g/mol. The maximum Gasteiger partial charge on any atom is 0.252 e. The van der Waals surface area contributed by atoms with Crippen LogP contribution >= 0.6 is 0 Å². The number of fused-ring (bicyclic) bond motifs is 4. The Balaban J connectivity index is 2.17. The molecule has 1 aromatic rings. The van der Waals surface area contributed by atoms with E-state index >= 15 is 0 Å². The van der Waals surface area contributed by atoms with E-state index in [-0.39, 0.29) is 5.56 Å². The lowest BCUT2D eigenvalue weighted by molar-refractivity contribution is 0.257. The molecule has 0 amide bonds. The molecule has 1 N–H and O–H groups in total. The number of pyridine rings is 1. The number of nitrogens with one attached hydrogen (secondary N) is 1. The van der Waals surface area contributed by atoms with Crippen LogP contribution in [0.3, 0.4) is 0 Å². The Morgan fingerprint density at radius 2 is 2.31 bits per heavy atom. The zero-order valence-electron chi connectivity index (χ0n) is 8.94. The van der Waals surface area contributed by atoms with Gasteiger partial charge in [-0.05, 0) is 24.9 Å². The second-order valence-corrected chi connectivity index (χ2v) is 4.69. The summed E-state index contributed by atoms with van der Waals surface area (Å²) < 4.78 is 1.85. The topological polar surface area (TPSA) is 57.8 Å². The van der Waals surface area contributed by atoms with Gasteiger partial charge in [0.1, 0.15) is 0 Å². The van der Waals surface area contributed by atoms with E-state index in [1.165, 1.54) is 6.07 Å². The van der Waals surface area contributed by atoms with E-state index in [0.717, 1.165) is 31.7 Å². The van der Waals surface area contributed by atoms with E-state index in [1.54, 1.807) is 0 Å². The van der Waals surface area contributed by atoms with Crippen LogP contribution in [-0.4, -0.2) is 17.7 Å². The molecule has 3 heterocycles. The minimum Gasteiger partial charge on any atom is -0.316 e. The van der Waals surface area contributed by atoms with E-state index in [9.17, 15) is 4.79 Å². The summed E-state index contributed by atoms with van der Waals surface area (Å²) in [6.07, 6.45) is 1.14. The first kappa shape index (κ1) is 9.61. The van der Waals surface area contributed by atoms with Crippen LogP contribution in [0, 0.1) is 17.2 Å². The van der Waals surface area contributed by atoms with Gasteiger partial charge in [0.2, 0.25) is 0 Å². The molecule has 2 aliphatic heterocycles. The first-order valence-corrected chi connectivity index (χ1v) is 5.63. The number of rotatable bonds is 0. The molecule has 0 radical (unpaired) electrons. The van der Waals surface area contributed by atoms with Gasteiger partial charge in [0.25, 0.3) is 5.56 Å². The molecular formula is C12H13N3O. The molecule has 16 heavy (non-hydrogen) atoms. The molecule has 4 heteroatoms. The van der Waals surface area contributed by atoms with Crippen LogP contribution in [0.5, 0.6) is 0 Å². The first-order chi connectivity index (χ1) is 7.78. The van der Waals surface area contributed by atoms with Gasteiger partial charge >= 0.3 is 0 Å². The van der Waals surface area contributed by atoms with Gasteiger partial charge in [-0.25, -0.2) is 0 Å². The zero-order valence-corrected chi connectivity index (χ0v) is 8.94. The molecule has 4 nitrogen and oxygen atoms in total. The van der Waals surface area contributed by atoms with Crippen molar-refractivity contribution in [3.63, 3.8) is 0 Å². The molecule has 2 atom stereocenters. The van der Waals surface area contributed by atoms with E-state index in [4.69, 9.17) is 5.26 Å². The van der Waals surface area contributed by atoms with Crippen LogP contribution in [0.15, 0.2) is 16.9 Å². The second kappa shape index (κ2) is 3.46. The third kappa shape index (κ3) is 1.36. The number of nitriles is 1. The summed E-state index contributed by atoms with van der Waals surface area (Å²) in [5, 5.41) is 12.3. The van der Waals surface area contributed by atoms with Gasteiger partial charge in [-0.1, -0.05) is 0 Å². The van der Waals surface area contributed by atoms with Gasteiger partial charge in [-0.2, -0.15) is 5.26 Å². The highest BCUT2D eigenvalue weighted by molar-refractivity contribution is 5.32. The van der Waals surface area contributed by atoms with E-state index in [1.807, 2.05) is 10.6 Å². The number of aromatic nitrogens is 1. The Bertz CT molecular complexity index is 526. The lowest BCUT2D eigenvalue weighted by atomic mass is 9.84. The molecule has 1 saturated heterocycles. The summed E-state index contributed by atoms with van der Waals surface area (Å²) in [6.45, 7) is 2.72. The van der Waals surface area contributed by atoms with Crippen LogP contribution in [0.2, 0.25) is 0 Å². The van der Waals surface area contributed by atoms with Crippen molar-refractivity contribution >= 4 is 0 Å². The fourth-order valence-corrected chi connectivity index (χ4v) is 2.87. The van der Waals surface area contributed by atoms with Crippen molar-refractivity contribution in [1.82, 2.24) is 9.88 Å². The minimum atomic E-state index is -0.0225. The summed E-state index contributed by atoms with van der Waals surface area (Å²) >= 11 is 0. The molecule has 1 aromatic heterocycles. The normalized spacial score (nSPS) is 26.9. The molecule has 0 unspecified atom stereocenters. The lowest BCUT2D eigenvalue weighted by Gasteiger charge is -2.37. The zero-order chi connectivity index (χ0) is 11.1. The quantitative estimate of drug-likeness (QED) is 0.682. The average molecular weight is 215 g/mol. The predicted molar refractivity (Wildman–Crippen MR) is 59.1 cm³/mol. The summed E-state index contributed by atoms with van der Waals surface area (Å²) in [5.41, 5.74) is 1.50. The molecule has 2 bridgehead atoms. The number of hydrogen-bond donors (Lipinski definition) is 1. The van der Waals surface area contributed by atoms with Gasteiger partial charge in [-0.3, -0.25) is 4.79 Å². The third-order valence-electron chi connectivity index (χ3n) is 3.59. The van der Waals surface area contributed by atoms with Crippen molar-refractivity contribution in [1.29, 1.82) is 5.26 Å². The Morgan fingerprint density at radius 3 is 3.12 bits per heavy atom. The van der Waals surface area contributed by atoms with Gasteiger partial charge in [0, 0.05) is 30.8 Å². The summed E-state index contributed by atoms with van der Waals surface area (Å²) in [4.78, 5) is 11.9. The monoisotopic (exact) mass is 215 g/mol. The van der Waals surface area contributed by atoms with Gasteiger partial charge in [0.15, 0.2) is 0 Å². The Morgan fingerprint density at radius 1 is 1.44 bits per heavy atom. The first-order valence-electron chi connectivity index (χ1n) is 5.63. The molecule has 3 rings (SSSR count). The standard InChI is InChI=1S/C12H13N3O/c13-4-8-2-11-10-1-9(5-14-6-10)7-15(11)12(16)3-8/h2-3,9-10,14H,1,5-7H2/t9-,10+/m0/s1. The lowest BCUT2D eigenvalue weighted by Crippen LogP contribution is -2.44. The Kier molecular flexibility index (Phi) is 2.08. The van der Waals surface area contributed by atoms with Crippen molar-refractivity contribution in [2.24, 2.45) is 5.92 Å². The summed E-state index contributed by atoms with van der Waals surface area (Å²) in [5.74, 6) is 0.963. The molecule has 0 saturated carbocycles. The SMILES string of the molecule is N#Cc1cc2n(c(=O)c1)C[C@@H]1CNC[C@H]2C1. The fraction of sp³-hybridized carbons (Fsp3) is 0.500. The van der Waals surface area contributed by atoms with E-state index < -0.39 is 0 Å². The smallest absolute Gasteiger partial charge is 0.252 e. The Labute approximate surface area is 93.5 Å². The second-order valence-electron chi connectivity index (χ2n) is 4.69. The fourth-order valence-electron chi connectivity index (χ4n) is 2.87. The van der Waals surface area contributed by atoms with Crippen LogP contribution in [0.4, 0.5) is 0 Å². The van der Waals surface area contributed by atoms with E-state index in [2.05, 4.69) is 11.4 Å². The summed E-state index contributed by atoms with van der Waals surface area (Å²) in [6, 6.07) is 5.37. The van der Waals surface area contributed by atoms with Crippen molar-refractivity contribution < 1.29 is 0 Å². The molecule has 82 valence electrons. The highest BCUT2D eigenvalue weighted by Crippen LogP contribution is 2.31. The highest BCUT2D eigenvalue weighted by atomic mass is 16.1. The number of hydrogen-bond acceptors (Lipinski definition) is 3. The van der Waals surface area contributed by atoms with Crippen LogP contribution < -0.4 is 10.9 Å². The van der Waals surface area contributed by atoms with Crippen LogP contribution in [-0.2, 0) is 6.54 Å². The molecule has 0 aliphatic carbocycles. The summed E-state index contributed by atoms with van der Waals surface area (Å²) in [7, 11) is 0. The van der Waals surface area contributed by atoms with Gasteiger partial charge < -0.3 is 9.88 Å².